The van der Waals surface area contributed by atoms with Gasteiger partial charge in [-0.15, -0.1) is 0 Å². The van der Waals surface area contributed by atoms with Gasteiger partial charge in [-0.2, -0.15) is 0 Å². The second-order valence-electron chi connectivity index (χ2n) is 7.30. The maximum absolute atomic E-state index is 13.2. The van der Waals surface area contributed by atoms with Crippen molar-refractivity contribution < 1.29 is 19.0 Å². The molecule has 0 radical (unpaired) electrons. The van der Waals surface area contributed by atoms with Crippen molar-refractivity contribution >= 4 is 6.09 Å². The number of aryl methyl sites for hydroxylation is 1. The third kappa shape index (κ3) is 6.09. The maximum Gasteiger partial charge on any atom is 0.407 e. The van der Waals surface area contributed by atoms with Crippen LogP contribution in [0.5, 0.6) is 0 Å². The van der Waals surface area contributed by atoms with Crippen molar-refractivity contribution in [2.45, 2.75) is 57.8 Å². The number of fused-ring (bicyclic) bond motifs is 1. The number of halogens is 1. The van der Waals surface area contributed by atoms with E-state index in [1.54, 1.807) is 26.8 Å². The van der Waals surface area contributed by atoms with Gasteiger partial charge in [0.2, 0.25) is 0 Å². The number of hydrogen-bond acceptors (Lipinski definition) is 4. The Balaban J connectivity index is 1.70. The molecule has 1 aromatic carbocycles. The lowest BCUT2D eigenvalue weighted by Gasteiger charge is -2.27. The minimum atomic E-state index is -0.688. The molecule has 134 valence electrons. The fraction of sp³-hybridized carbons (Fsp3) is 0.611. The zero-order valence-corrected chi connectivity index (χ0v) is 14.6. The SMILES string of the molecule is CC(C)(C)OC(=O)NCC(O)CNC1CCc2cc(F)ccc2C1. The summed E-state index contributed by atoms with van der Waals surface area (Å²) in [6.45, 7) is 5.89. The van der Waals surface area contributed by atoms with Gasteiger partial charge in [-0.1, -0.05) is 6.07 Å². The molecule has 2 atom stereocenters. The molecule has 1 amide bonds. The van der Waals surface area contributed by atoms with Crippen LogP contribution in [0.15, 0.2) is 18.2 Å². The van der Waals surface area contributed by atoms with E-state index in [-0.39, 0.29) is 18.4 Å². The van der Waals surface area contributed by atoms with E-state index in [0.717, 1.165) is 30.4 Å². The van der Waals surface area contributed by atoms with E-state index < -0.39 is 17.8 Å². The summed E-state index contributed by atoms with van der Waals surface area (Å²) in [6, 6.07) is 5.17. The second kappa shape index (κ2) is 7.94. The predicted octanol–water partition coefficient (Wildman–Crippen LogP) is 2.16. The Labute approximate surface area is 142 Å². The number of alkyl carbamates (subject to hydrolysis) is 1. The number of aliphatic hydroxyl groups excluding tert-OH is 1. The van der Waals surface area contributed by atoms with Gasteiger partial charge < -0.3 is 20.5 Å². The van der Waals surface area contributed by atoms with Gasteiger partial charge in [-0.05, 0) is 63.3 Å². The Morgan fingerprint density at radius 2 is 2.12 bits per heavy atom. The Kier molecular flexibility index (Phi) is 6.18. The van der Waals surface area contributed by atoms with Crippen LogP contribution in [0.25, 0.3) is 0 Å². The van der Waals surface area contributed by atoms with E-state index in [4.69, 9.17) is 4.74 Å². The number of rotatable bonds is 5. The standard InChI is InChI=1S/C18H27FN2O3/c1-18(2,3)24-17(23)21-11-16(22)10-20-15-7-5-12-8-14(19)6-4-13(12)9-15/h4,6,8,15-16,20,22H,5,7,9-11H2,1-3H3,(H,21,23). The monoisotopic (exact) mass is 338 g/mol. The molecule has 3 N–H and O–H groups in total. The van der Waals surface area contributed by atoms with Crippen molar-refractivity contribution in [3.05, 3.63) is 35.1 Å². The fourth-order valence-electron chi connectivity index (χ4n) is 2.79. The van der Waals surface area contributed by atoms with Crippen LogP contribution >= 0.6 is 0 Å². The third-order valence-electron chi connectivity index (χ3n) is 3.92. The van der Waals surface area contributed by atoms with Gasteiger partial charge in [0.25, 0.3) is 0 Å². The maximum atomic E-state index is 13.2. The van der Waals surface area contributed by atoms with Crippen LogP contribution in [0.4, 0.5) is 9.18 Å². The number of amides is 1. The van der Waals surface area contributed by atoms with Crippen molar-refractivity contribution in [2.75, 3.05) is 13.1 Å². The molecule has 2 rings (SSSR count). The zero-order valence-electron chi connectivity index (χ0n) is 14.6. The summed E-state index contributed by atoms with van der Waals surface area (Å²) in [5, 5.41) is 15.8. The highest BCUT2D eigenvalue weighted by molar-refractivity contribution is 5.67. The molecule has 1 aliphatic carbocycles. The summed E-state index contributed by atoms with van der Waals surface area (Å²) in [4.78, 5) is 11.5. The molecule has 0 bridgehead atoms. The zero-order chi connectivity index (χ0) is 17.7. The van der Waals surface area contributed by atoms with Gasteiger partial charge >= 0.3 is 6.09 Å². The smallest absolute Gasteiger partial charge is 0.407 e. The lowest BCUT2D eigenvalue weighted by atomic mass is 9.88. The molecule has 0 spiro atoms. The Morgan fingerprint density at radius 3 is 2.83 bits per heavy atom. The second-order valence-corrected chi connectivity index (χ2v) is 7.30. The van der Waals surface area contributed by atoms with Gasteiger partial charge in [-0.25, -0.2) is 9.18 Å². The van der Waals surface area contributed by atoms with Crippen LogP contribution in [0.3, 0.4) is 0 Å². The molecule has 2 unspecified atom stereocenters. The minimum absolute atomic E-state index is 0.135. The molecule has 1 aliphatic rings. The molecule has 0 fully saturated rings. The summed E-state index contributed by atoms with van der Waals surface area (Å²) in [5.74, 6) is -0.191. The molecule has 0 saturated heterocycles. The molecule has 0 aliphatic heterocycles. The van der Waals surface area contributed by atoms with Crippen molar-refractivity contribution in [1.82, 2.24) is 10.6 Å². The quantitative estimate of drug-likeness (QED) is 0.769. The van der Waals surface area contributed by atoms with Gasteiger partial charge in [0.1, 0.15) is 11.4 Å². The lowest BCUT2D eigenvalue weighted by molar-refractivity contribution is 0.0491. The number of carbonyl (C=O) groups excluding carboxylic acids is 1. The lowest BCUT2D eigenvalue weighted by Crippen LogP contribution is -2.44. The van der Waals surface area contributed by atoms with Crippen molar-refractivity contribution in [3.63, 3.8) is 0 Å². The predicted molar refractivity (Wildman–Crippen MR) is 90.5 cm³/mol. The molecule has 0 aromatic heterocycles. The molecular weight excluding hydrogens is 311 g/mol. The number of nitrogens with one attached hydrogen (secondary N) is 2. The largest absolute Gasteiger partial charge is 0.444 e. The third-order valence-corrected chi connectivity index (χ3v) is 3.92. The number of benzene rings is 1. The van der Waals surface area contributed by atoms with Gasteiger partial charge in [0, 0.05) is 19.1 Å². The Bertz CT molecular complexity index is 572. The summed E-state index contributed by atoms with van der Waals surface area (Å²) in [5.41, 5.74) is 1.67. The van der Waals surface area contributed by atoms with Crippen LogP contribution < -0.4 is 10.6 Å². The van der Waals surface area contributed by atoms with E-state index in [1.165, 1.54) is 6.07 Å². The van der Waals surface area contributed by atoms with E-state index in [2.05, 4.69) is 10.6 Å². The number of ether oxygens (including phenoxy) is 1. The Morgan fingerprint density at radius 1 is 1.38 bits per heavy atom. The van der Waals surface area contributed by atoms with E-state index >= 15 is 0 Å². The first-order chi connectivity index (χ1) is 11.2. The van der Waals surface area contributed by atoms with Gasteiger partial charge in [0.05, 0.1) is 6.10 Å². The van der Waals surface area contributed by atoms with Crippen molar-refractivity contribution in [2.24, 2.45) is 0 Å². The van der Waals surface area contributed by atoms with Crippen LogP contribution in [0.2, 0.25) is 0 Å². The molecule has 1 aromatic rings. The van der Waals surface area contributed by atoms with Crippen LogP contribution in [-0.2, 0) is 17.6 Å². The summed E-state index contributed by atoms with van der Waals surface area (Å²) in [7, 11) is 0. The highest BCUT2D eigenvalue weighted by Gasteiger charge is 2.20. The van der Waals surface area contributed by atoms with Gasteiger partial charge in [0.15, 0.2) is 0 Å². The first-order valence-corrected chi connectivity index (χ1v) is 8.38. The van der Waals surface area contributed by atoms with Crippen molar-refractivity contribution in [1.29, 1.82) is 0 Å². The first-order valence-electron chi connectivity index (χ1n) is 8.38. The van der Waals surface area contributed by atoms with Crippen LogP contribution in [-0.4, -0.2) is 42.0 Å². The summed E-state index contributed by atoms with van der Waals surface area (Å²) >= 11 is 0. The topological polar surface area (TPSA) is 70.6 Å². The number of aliphatic hydroxyl groups is 1. The van der Waals surface area contributed by atoms with E-state index in [0.29, 0.717) is 6.54 Å². The number of carbonyl (C=O) groups is 1. The average molecular weight is 338 g/mol. The molecule has 6 heteroatoms. The van der Waals surface area contributed by atoms with E-state index in [9.17, 15) is 14.3 Å². The van der Waals surface area contributed by atoms with Crippen LogP contribution in [0, 0.1) is 5.82 Å². The van der Waals surface area contributed by atoms with Crippen molar-refractivity contribution in [3.8, 4) is 0 Å². The summed E-state index contributed by atoms with van der Waals surface area (Å²) in [6.07, 6.45) is 1.34. The highest BCUT2D eigenvalue weighted by atomic mass is 19.1. The number of hydrogen-bond donors (Lipinski definition) is 3. The highest BCUT2D eigenvalue weighted by Crippen LogP contribution is 2.22. The molecule has 5 nitrogen and oxygen atoms in total. The van der Waals surface area contributed by atoms with Gasteiger partial charge in [-0.3, -0.25) is 0 Å². The minimum Gasteiger partial charge on any atom is -0.444 e. The normalized spacial score (nSPS) is 18.6. The summed E-state index contributed by atoms with van der Waals surface area (Å²) < 4.78 is 18.3. The molecule has 24 heavy (non-hydrogen) atoms. The van der Waals surface area contributed by atoms with E-state index in [1.807, 2.05) is 6.07 Å². The molecule has 0 saturated carbocycles. The average Bonchev–Trinajstić information content (AvgIpc) is 2.49. The molecule has 0 heterocycles. The Hall–Kier alpha value is -1.66. The first kappa shape index (κ1) is 18.7. The fourth-order valence-corrected chi connectivity index (χ4v) is 2.79. The molecular formula is C18H27FN2O3. The van der Waals surface area contributed by atoms with Crippen LogP contribution in [0.1, 0.15) is 38.3 Å².